The Morgan fingerprint density at radius 2 is 1.95 bits per heavy atom. The summed E-state index contributed by atoms with van der Waals surface area (Å²) < 4.78 is 0. The van der Waals surface area contributed by atoms with Crippen molar-refractivity contribution in [2.75, 3.05) is 0 Å². The van der Waals surface area contributed by atoms with Crippen molar-refractivity contribution in [3.8, 4) is 0 Å². The molecular weight excluding hydrogens is 244 g/mol. The van der Waals surface area contributed by atoms with Crippen LogP contribution in [-0.2, 0) is 4.79 Å². The third-order valence-corrected chi connectivity index (χ3v) is 4.65. The van der Waals surface area contributed by atoms with Crippen LogP contribution in [0, 0.1) is 17.8 Å². The Kier molecular flexibility index (Phi) is 4.32. The van der Waals surface area contributed by atoms with E-state index < -0.39 is 5.97 Å². The fourth-order valence-corrected chi connectivity index (χ4v) is 3.80. The van der Waals surface area contributed by atoms with E-state index in [0.717, 1.165) is 11.8 Å². The van der Waals surface area contributed by atoms with E-state index in [0.29, 0.717) is 5.92 Å². The number of carboxylic acids is 1. The standard InChI is InChI=1S/C14H24N2O3/c1-8(5-13(17)18)15-14(19)16-9(2)12-7-10-3-4-11(12)6-10/h8-12H,3-7H2,1-2H3,(H,17,18)(H2,15,16,19). The van der Waals surface area contributed by atoms with Crippen molar-refractivity contribution in [3.63, 3.8) is 0 Å². The van der Waals surface area contributed by atoms with Crippen molar-refractivity contribution in [1.29, 1.82) is 0 Å². The lowest BCUT2D eigenvalue weighted by atomic mass is 9.84. The normalized spacial score (nSPS) is 31.8. The van der Waals surface area contributed by atoms with Gasteiger partial charge in [0.15, 0.2) is 0 Å². The van der Waals surface area contributed by atoms with E-state index in [4.69, 9.17) is 5.11 Å². The summed E-state index contributed by atoms with van der Waals surface area (Å²) in [6, 6.07) is -0.416. The highest BCUT2D eigenvalue weighted by Gasteiger charge is 2.42. The van der Waals surface area contributed by atoms with Crippen LogP contribution in [0.5, 0.6) is 0 Å². The fraction of sp³-hybridized carbons (Fsp3) is 0.857. The zero-order valence-electron chi connectivity index (χ0n) is 11.7. The van der Waals surface area contributed by atoms with Gasteiger partial charge in [-0.3, -0.25) is 4.79 Å². The number of carboxylic acid groups (broad SMARTS) is 1. The number of hydrogen-bond acceptors (Lipinski definition) is 2. The summed E-state index contributed by atoms with van der Waals surface area (Å²) in [4.78, 5) is 22.3. The number of aliphatic carboxylic acids is 1. The van der Waals surface area contributed by atoms with Crippen molar-refractivity contribution in [3.05, 3.63) is 0 Å². The predicted molar refractivity (Wildman–Crippen MR) is 71.8 cm³/mol. The third kappa shape index (κ3) is 3.61. The van der Waals surface area contributed by atoms with E-state index in [9.17, 15) is 9.59 Å². The fourth-order valence-electron chi connectivity index (χ4n) is 3.80. The minimum absolute atomic E-state index is 0.0457. The van der Waals surface area contributed by atoms with Crippen LogP contribution in [0.4, 0.5) is 4.79 Å². The van der Waals surface area contributed by atoms with Gasteiger partial charge < -0.3 is 15.7 Å². The largest absolute Gasteiger partial charge is 0.481 e. The van der Waals surface area contributed by atoms with Crippen LogP contribution in [-0.4, -0.2) is 29.2 Å². The Morgan fingerprint density at radius 1 is 1.21 bits per heavy atom. The molecule has 0 aromatic carbocycles. The predicted octanol–water partition coefficient (Wildman–Crippen LogP) is 1.97. The maximum Gasteiger partial charge on any atom is 0.315 e. The Hall–Kier alpha value is -1.26. The molecule has 2 aliphatic rings. The van der Waals surface area contributed by atoms with Crippen molar-refractivity contribution in [2.24, 2.45) is 17.8 Å². The highest BCUT2D eigenvalue weighted by Crippen LogP contribution is 2.49. The summed E-state index contributed by atoms with van der Waals surface area (Å²) in [5, 5.41) is 14.3. The van der Waals surface area contributed by atoms with Crippen molar-refractivity contribution >= 4 is 12.0 Å². The van der Waals surface area contributed by atoms with E-state index in [1.165, 1.54) is 25.7 Å². The molecular formula is C14H24N2O3. The zero-order chi connectivity index (χ0) is 14.0. The summed E-state index contributed by atoms with van der Waals surface area (Å²) in [5.74, 6) is 1.35. The van der Waals surface area contributed by atoms with E-state index in [2.05, 4.69) is 17.6 Å². The quantitative estimate of drug-likeness (QED) is 0.713. The zero-order valence-corrected chi connectivity index (χ0v) is 11.7. The molecule has 5 heteroatoms. The summed E-state index contributed by atoms with van der Waals surface area (Å²) in [7, 11) is 0. The van der Waals surface area contributed by atoms with Gasteiger partial charge in [-0.2, -0.15) is 0 Å². The molecule has 2 saturated carbocycles. The van der Waals surface area contributed by atoms with Crippen LogP contribution >= 0.6 is 0 Å². The van der Waals surface area contributed by atoms with Gasteiger partial charge in [0.2, 0.25) is 0 Å². The number of amides is 2. The molecule has 2 rings (SSSR count). The van der Waals surface area contributed by atoms with E-state index >= 15 is 0 Å². The van der Waals surface area contributed by atoms with Crippen molar-refractivity contribution < 1.29 is 14.7 Å². The summed E-state index contributed by atoms with van der Waals surface area (Å²) in [5.41, 5.74) is 0. The van der Waals surface area contributed by atoms with Gasteiger partial charge in [0.1, 0.15) is 0 Å². The number of carbonyl (C=O) groups is 2. The second-order valence-electron chi connectivity index (χ2n) is 6.24. The van der Waals surface area contributed by atoms with Crippen LogP contribution in [0.2, 0.25) is 0 Å². The number of fused-ring (bicyclic) bond motifs is 2. The highest BCUT2D eigenvalue weighted by atomic mass is 16.4. The molecule has 5 atom stereocenters. The molecule has 0 heterocycles. The smallest absolute Gasteiger partial charge is 0.315 e. The van der Waals surface area contributed by atoms with Gasteiger partial charge in [0, 0.05) is 12.1 Å². The van der Waals surface area contributed by atoms with Gasteiger partial charge in [-0.15, -0.1) is 0 Å². The number of rotatable bonds is 5. The lowest BCUT2D eigenvalue weighted by molar-refractivity contribution is -0.137. The van der Waals surface area contributed by atoms with E-state index in [1.54, 1.807) is 6.92 Å². The molecule has 2 bridgehead atoms. The summed E-state index contributed by atoms with van der Waals surface area (Å²) in [6.07, 6.45) is 5.18. The van der Waals surface area contributed by atoms with Gasteiger partial charge in [-0.05, 0) is 50.9 Å². The van der Waals surface area contributed by atoms with Gasteiger partial charge in [-0.1, -0.05) is 6.42 Å². The molecule has 5 nitrogen and oxygen atoms in total. The van der Waals surface area contributed by atoms with Crippen LogP contribution in [0.25, 0.3) is 0 Å². The maximum atomic E-state index is 11.8. The number of nitrogens with one attached hydrogen (secondary N) is 2. The Balaban J connectivity index is 1.74. The Bertz CT molecular complexity index is 359. The number of hydrogen-bond donors (Lipinski definition) is 3. The van der Waals surface area contributed by atoms with Crippen molar-refractivity contribution in [1.82, 2.24) is 10.6 Å². The molecule has 108 valence electrons. The Labute approximate surface area is 114 Å². The average molecular weight is 268 g/mol. The molecule has 0 aromatic rings. The SMILES string of the molecule is CC(CC(=O)O)NC(=O)NC(C)C1CC2CCC1C2. The third-order valence-electron chi connectivity index (χ3n) is 4.65. The van der Waals surface area contributed by atoms with Crippen molar-refractivity contribution in [2.45, 2.75) is 58.0 Å². The molecule has 2 aliphatic carbocycles. The first-order valence-electron chi connectivity index (χ1n) is 7.24. The number of carbonyl (C=O) groups excluding carboxylic acids is 1. The second kappa shape index (κ2) is 5.80. The van der Waals surface area contributed by atoms with Gasteiger partial charge in [0.25, 0.3) is 0 Å². The van der Waals surface area contributed by atoms with Crippen LogP contribution in [0.3, 0.4) is 0 Å². The first-order chi connectivity index (χ1) is 8.95. The summed E-state index contributed by atoms with van der Waals surface area (Å²) in [6.45, 7) is 3.77. The number of urea groups is 1. The monoisotopic (exact) mass is 268 g/mol. The molecule has 0 saturated heterocycles. The highest BCUT2D eigenvalue weighted by molar-refractivity contribution is 5.75. The molecule has 0 aliphatic heterocycles. The molecule has 0 spiro atoms. The molecule has 0 aromatic heterocycles. The maximum absolute atomic E-state index is 11.8. The molecule has 3 N–H and O–H groups in total. The lowest BCUT2D eigenvalue weighted by Crippen LogP contribution is -2.48. The van der Waals surface area contributed by atoms with E-state index in [-0.39, 0.29) is 24.5 Å². The first kappa shape index (κ1) is 14.2. The molecule has 0 radical (unpaired) electrons. The van der Waals surface area contributed by atoms with E-state index in [1.807, 2.05) is 0 Å². The van der Waals surface area contributed by atoms with Crippen LogP contribution < -0.4 is 10.6 Å². The molecule has 19 heavy (non-hydrogen) atoms. The molecule has 2 amide bonds. The minimum atomic E-state index is -0.894. The first-order valence-corrected chi connectivity index (χ1v) is 7.24. The molecule has 2 fully saturated rings. The molecule has 5 unspecified atom stereocenters. The van der Waals surface area contributed by atoms with Crippen LogP contribution in [0.1, 0.15) is 46.0 Å². The topological polar surface area (TPSA) is 78.4 Å². The summed E-state index contributed by atoms with van der Waals surface area (Å²) >= 11 is 0. The Morgan fingerprint density at radius 3 is 2.47 bits per heavy atom. The van der Waals surface area contributed by atoms with Gasteiger partial charge in [0.05, 0.1) is 6.42 Å². The van der Waals surface area contributed by atoms with Gasteiger partial charge >= 0.3 is 12.0 Å². The van der Waals surface area contributed by atoms with Crippen LogP contribution in [0.15, 0.2) is 0 Å². The second-order valence-corrected chi connectivity index (χ2v) is 6.24. The van der Waals surface area contributed by atoms with Gasteiger partial charge in [-0.25, -0.2) is 4.79 Å². The minimum Gasteiger partial charge on any atom is -0.481 e. The average Bonchev–Trinajstić information content (AvgIpc) is 2.88. The lowest BCUT2D eigenvalue weighted by Gasteiger charge is -2.29.